The molecule has 0 spiro atoms. The van der Waals surface area contributed by atoms with Gasteiger partial charge in [-0.1, -0.05) is 20.3 Å². The van der Waals surface area contributed by atoms with Crippen molar-refractivity contribution in [2.45, 2.75) is 64.5 Å². The molecule has 1 saturated carbocycles. The normalized spacial score (nSPS) is 31.5. The molecule has 4 nitrogen and oxygen atoms in total. The molecule has 0 aromatic heterocycles. The zero-order valence-corrected chi connectivity index (χ0v) is 14.7. The first-order valence-electron chi connectivity index (χ1n) is 8.59. The molecule has 1 aliphatic heterocycles. The Labute approximate surface area is 130 Å². The minimum atomic E-state index is -2.87. The molecule has 2 rings (SSSR count). The molecule has 2 unspecified atom stereocenters. The van der Waals surface area contributed by atoms with Gasteiger partial charge in [-0.25, -0.2) is 8.42 Å². The monoisotopic (exact) mass is 316 g/mol. The van der Waals surface area contributed by atoms with Crippen LogP contribution < -0.4 is 5.32 Å². The second-order valence-corrected chi connectivity index (χ2v) is 9.44. The predicted molar refractivity (Wildman–Crippen MR) is 88.3 cm³/mol. The molecule has 0 aromatic carbocycles. The van der Waals surface area contributed by atoms with E-state index in [4.69, 9.17) is 0 Å². The van der Waals surface area contributed by atoms with E-state index in [2.05, 4.69) is 24.1 Å². The molecule has 1 saturated heterocycles. The van der Waals surface area contributed by atoms with E-state index in [1.807, 2.05) is 6.92 Å². The van der Waals surface area contributed by atoms with E-state index < -0.39 is 9.84 Å². The first kappa shape index (κ1) is 17.2. The summed E-state index contributed by atoms with van der Waals surface area (Å²) in [7, 11) is -2.87. The Morgan fingerprint density at radius 3 is 2.48 bits per heavy atom. The molecule has 21 heavy (non-hydrogen) atoms. The number of nitrogens with zero attached hydrogens (tertiary/aromatic N) is 1. The van der Waals surface area contributed by atoms with Gasteiger partial charge in [0, 0.05) is 37.0 Å². The van der Waals surface area contributed by atoms with Gasteiger partial charge in [0.25, 0.3) is 0 Å². The molecule has 2 fully saturated rings. The molecular formula is C16H32N2O2S. The number of sulfone groups is 1. The third-order valence-electron chi connectivity index (χ3n) is 5.09. The zero-order valence-electron chi connectivity index (χ0n) is 13.9. The highest BCUT2D eigenvalue weighted by Gasteiger charge is 2.45. The van der Waals surface area contributed by atoms with Crippen molar-refractivity contribution in [1.82, 2.24) is 10.2 Å². The summed E-state index contributed by atoms with van der Waals surface area (Å²) < 4.78 is 24.0. The number of rotatable bonds is 8. The molecule has 0 bridgehead atoms. The minimum Gasteiger partial charge on any atom is -0.308 e. The lowest BCUT2D eigenvalue weighted by atomic mass is 9.90. The van der Waals surface area contributed by atoms with Crippen LogP contribution in [-0.4, -0.2) is 56.0 Å². The van der Waals surface area contributed by atoms with Crippen molar-refractivity contribution in [3.8, 4) is 0 Å². The highest BCUT2D eigenvalue weighted by molar-refractivity contribution is 7.91. The lowest BCUT2D eigenvalue weighted by molar-refractivity contribution is 0.0756. The number of hydrogen-bond donors (Lipinski definition) is 1. The van der Waals surface area contributed by atoms with E-state index >= 15 is 0 Å². The topological polar surface area (TPSA) is 49.4 Å². The summed E-state index contributed by atoms with van der Waals surface area (Å²) >= 11 is 0. The molecule has 1 aliphatic carbocycles. The Bertz CT molecular complexity index is 434. The quantitative estimate of drug-likeness (QED) is 0.744. The average molecular weight is 317 g/mol. The van der Waals surface area contributed by atoms with Crippen molar-refractivity contribution in [3.63, 3.8) is 0 Å². The number of hydrogen-bond acceptors (Lipinski definition) is 4. The number of nitrogens with one attached hydrogen (secondary N) is 1. The van der Waals surface area contributed by atoms with E-state index in [9.17, 15) is 8.42 Å². The second kappa shape index (κ2) is 6.97. The first-order valence-corrected chi connectivity index (χ1v) is 10.4. The Balaban J connectivity index is 1.97. The minimum absolute atomic E-state index is 0.193. The maximum Gasteiger partial charge on any atom is 0.151 e. The summed E-state index contributed by atoms with van der Waals surface area (Å²) in [5, 5.41) is 3.75. The van der Waals surface area contributed by atoms with Gasteiger partial charge in [-0.15, -0.1) is 0 Å². The Morgan fingerprint density at radius 2 is 1.90 bits per heavy atom. The summed E-state index contributed by atoms with van der Waals surface area (Å²) in [6, 6.07) is 0.499. The van der Waals surface area contributed by atoms with Crippen molar-refractivity contribution in [2.75, 3.05) is 31.1 Å². The highest BCUT2D eigenvalue weighted by atomic mass is 32.2. The zero-order chi connectivity index (χ0) is 15.5. The lowest BCUT2D eigenvalue weighted by Gasteiger charge is -2.47. The van der Waals surface area contributed by atoms with Gasteiger partial charge in [-0.3, -0.25) is 4.90 Å². The molecule has 0 radical (unpaired) electrons. The summed E-state index contributed by atoms with van der Waals surface area (Å²) in [4.78, 5) is 2.45. The fourth-order valence-corrected chi connectivity index (χ4v) is 4.97. The standard InChI is InChI=1S/C16H32N2O2S/c1-4-6-15-12-17-16(3,14-7-8-14)13-18(15)9-11-21(19,20)10-5-2/h14-15,17H,4-13H2,1-3H3. The van der Waals surface area contributed by atoms with Gasteiger partial charge in [0.2, 0.25) is 0 Å². The summed E-state index contributed by atoms with van der Waals surface area (Å²) in [6.45, 7) is 9.18. The van der Waals surface area contributed by atoms with E-state index in [1.165, 1.54) is 12.8 Å². The molecule has 0 aromatic rings. The van der Waals surface area contributed by atoms with Crippen molar-refractivity contribution in [2.24, 2.45) is 5.92 Å². The van der Waals surface area contributed by atoms with Crippen LogP contribution in [-0.2, 0) is 9.84 Å². The molecule has 1 N–H and O–H groups in total. The van der Waals surface area contributed by atoms with Crippen molar-refractivity contribution < 1.29 is 8.42 Å². The fourth-order valence-electron chi connectivity index (χ4n) is 3.63. The van der Waals surface area contributed by atoms with Crippen LogP contribution in [0, 0.1) is 5.92 Å². The van der Waals surface area contributed by atoms with Gasteiger partial charge >= 0.3 is 0 Å². The Hall–Kier alpha value is -0.130. The summed E-state index contributed by atoms with van der Waals surface area (Å²) in [6.07, 6.45) is 5.68. The SMILES string of the molecule is CCCC1CNC(C)(C2CC2)CN1CCS(=O)(=O)CCC. The van der Waals surface area contributed by atoms with Gasteiger partial charge in [-0.05, 0) is 38.5 Å². The predicted octanol–water partition coefficient (Wildman–Crippen LogP) is 2.05. The van der Waals surface area contributed by atoms with Crippen LogP contribution >= 0.6 is 0 Å². The molecule has 1 heterocycles. The smallest absolute Gasteiger partial charge is 0.151 e. The first-order chi connectivity index (χ1) is 9.90. The third-order valence-corrected chi connectivity index (χ3v) is 6.93. The van der Waals surface area contributed by atoms with Crippen LogP contribution in [0.3, 0.4) is 0 Å². The van der Waals surface area contributed by atoms with E-state index in [1.54, 1.807) is 0 Å². The molecular weight excluding hydrogens is 284 g/mol. The fraction of sp³-hybridized carbons (Fsp3) is 1.00. The van der Waals surface area contributed by atoms with Crippen LogP contribution in [0.1, 0.15) is 52.9 Å². The van der Waals surface area contributed by atoms with E-state index in [0.717, 1.165) is 38.3 Å². The summed E-state index contributed by atoms with van der Waals surface area (Å²) in [5.41, 5.74) is 0.193. The van der Waals surface area contributed by atoms with Crippen molar-refractivity contribution in [3.05, 3.63) is 0 Å². The van der Waals surface area contributed by atoms with Crippen LogP contribution in [0.5, 0.6) is 0 Å². The van der Waals surface area contributed by atoms with Gasteiger partial charge < -0.3 is 5.32 Å². The van der Waals surface area contributed by atoms with Gasteiger partial charge in [0.15, 0.2) is 9.84 Å². The van der Waals surface area contributed by atoms with Crippen LogP contribution in [0.2, 0.25) is 0 Å². The molecule has 5 heteroatoms. The maximum absolute atomic E-state index is 12.0. The third kappa shape index (κ3) is 4.67. The van der Waals surface area contributed by atoms with E-state index in [0.29, 0.717) is 24.1 Å². The van der Waals surface area contributed by atoms with Crippen LogP contribution in [0.25, 0.3) is 0 Å². The summed E-state index contributed by atoms with van der Waals surface area (Å²) in [5.74, 6) is 1.44. The number of piperazine rings is 1. The molecule has 2 aliphatic rings. The lowest BCUT2D eigenvalue weighted by Crippen LogP contribution is -2.64. The largest absolute Gasteiger partial charge is 0.308 e. The van der Waals surface area contributed by atoms with Crippen LogP contribution in [0.15, 0.2) is 0 Å². The van der Waals surface area contributed by atoms with E-state index in [-0.39, 0.29) is 5.54 Å². The van der Waals surface area contributed by atoms with Crippen molar-refractivity contribution >= 4 is 9.84 Å². The van der Waals surface area contributed by atoms with Crippen molar-refractivity contribution in [1.29, 1.82) is 0 Å². The maximum atomic E-state index is 12.0. The van der Waals surface area contributed by atoms with Crippen LogP contribution in [0.4, 0.5) is 0 Å². The molecule has 0 amide bonds. The Kier molecular flexibility index (Phi) is 5.71. The van der Waals surface area contributed by atoms with Gasteiger partial charge in [0.05, 0.1) is 5.75 Å². The van der Waals surface area contributed by atoms with Gasteiger partial charge in [0.1, 0.15) is 0 Å². The average Bonchev–Trinajstić information content (AvgIpc) is 3.24. The molecule has 124 valence electrons. The Morgan fingerprint density at radius 1 is 1.19 bits per heavy atom. The van der Waals surface area contributed by atoms with Gasteiger partial charge in [-0.2, -0.15) is 0 Å². The highest BCUT2D eigenvalue weighted by Crippen LogP contribution is 2.41. The molecule has 2 atom stereocenters. The second-order valence-electron chi connectivity index (χ2n) is 7.14.